The van der Waals surface area contributed by atoms with Crippen molar-refractivity contribution in [2.75, 3.05) is 66.4 Å². The van der Waals surface area contributed by atoms with Gasteiger partial charge in [0.25, 0.3) is 0 Å². The number of esters is 1. The maximum atomic E-state index is 11.7. The van der Waals surface area contributed by atoms with E-state index in [4.69, 9.17) is 18.9 Å². The van der Waals surface area contributed by atoms with Gasteiger partial charge in [0.15, 0.2) is 0 Å². The highest BCUT2D eigenvalue weighted by molar-refractivity contribution is 5.72. The van der Waals surface area contributed by atoms with Crippen LogP contribution in [0.15, 0.2) is 0 Å². The minimum absolute atomic E-state index is 0.0241. The van der Waals surface area contributed by atoms with Gasteiger partial charge in [-0.3, -0.25) is 4.79 Å². The third-order valence-electron chi connectivity index (χ3n) is 3.48. The van der Waals surface area contributed by atoms with Crippen molar-refractivity contribution >= 4 is 5.97 Å². The molecule has 0 spiro atoms. The Morgan fingerprint density at radius 1 is 1.14 bits per heavy atom. The predicted molar refractivity (Wildman–Crippen MR) is 79.3 cm³/mol. The van der Waals surface area contributed by atoms with Crippen molar-refractivity contribution in [2.45, 2.75) is 19.8 Å². The number of likely N-dealkylation sites (tertiary alicyclic amines) is 1. The number of ether oxygens (including phenoxy) is 4. The Labute approximate surface area is 127 Å². The smallest absolute Gasteiger partial charge is 0.310 e. The molecule has 1 aliphatic heterocycles. The van der Waals surface area contributed by atoms with Gasteiger partial charge in [0.1, 0.15) is 0 Å². The van der Waals surface area contributed by atoms with E-state index < -0.39 is 0 Å². The number of methoxy groups -OCH3 is 1. The Hall–Kier alpha value is -0.690. The van der Waals surface area contributed by atoms with Gasteiger partial charge in [0.2, 0.25) is 0 Å². The van der Waals surface area contributed by atoms with Crippen molar-refractivity contribution in [3.05, 3.63) is 0 Å². The molecule has 21 heavy (non-hydrogen) atoms. The van der Waals surface area contributed by atoms with E-state index in [9.17, 15) is 4.79 Å². The first-order valence-corrected chi connectivity index (χ1v) is 7.81. The van der Waals surface area contributed by atoms with Crippen LogP contribution in [-0.4, -0.2) is 77.3 Å². The average Bonchev–Trinajstić information content (AvgIpc) is 2.50. The van der Waals surface area contributed by atoms with E-state index in [1.165, 1.54) is 0 Å². The molecular formula is C15H29NO5. The summed E-state index contributed by atoms with van der Waals surface area (Å²) in [6.07, 6.45) is 1.98. The fourth-order valence-electron chi connectivity index (χ4n) is 2.37. The van der Waals surface area contributed by atoms with E-state index in [2.05, 4.69) is 4.90 Å². The van der Waals surface area contributed by atoms with E-state index in [-0.39, 0.29) is 11.9 Å². The molecular weight excluding hydrogens is 274 g/mol. The highest BCUT2D eigenvalue weighted by Gasteiger charge is 2.26. The first-order chi connectivity index (χ1) is 10.3. The molecule has 0 saturated carbocycles. The lowest BCUT2D eigenvalue weighted by molar-refractivity contribution is -0.150. The van der Waals surface area contributed by atoms with Crippen LogP contribution in [0.5, 0.6) is 0 Å². The van der Waals surface area contributed by atoms with Crippen molar-refractivity contribution < 1.29 is 23.7 Å². The van der Waals surface area contributed by atoms with Crippen LogP contribution in [0.3, 0.4) is 0 Å². The van der Waals surface area contributed by atoms with Gasteiger partial charge >= 0.3 is 5.97 Å². The van der Waals surface area contributed by atoms with E-state index in [1.54, 1.807) is 7.11 Å². The molecule has 1 atom stereocenters. The lowest BCUT2D eigenvalue weighted by Gasteiger charge is -2.31. The van der Waals surface area contributed by atoms with Crippen LogP contribution in [0.4, 0.5) is 0 Å². The molecule has 1 saturated heterocycles. The van der Waals surface area contributed by atoms with Crippen molar-refractivity contribution in [1.82, 2.24) is 4.90 Å². The molecule has 1 fully saturated rings. The summed E-state index contributed by atoms with van der Waals surface area (Å²) in [6.45, 7) is 8.06. The van der Waals surface area contributed by atoms with Crippen molar-refractivity contribution in [3.63, 3.8) is 0 Å². The van der Waals surface area contributed by atoms with Crippen molar-refractivity contribution in [2.24, 2.45) is 5.92 Å². The zero-order valence-corrected chi connectivity index (χ0v) is 13.3. The molecule has 0 radical (unpaired) electrons. The molecule has 0 amide bonds. The first-order valence-electron chi connectivity index (χ1n) is 7.81. The van der Waals surface area contributed by atoms with Gasteiger partial charge in [-0.1, -0.05) is 0 Å². The standard InChI is InChI=1S/C15H29NO5/c1-3-21-15(17)14-5-4-6-16(13-14)7-8-19-11-12-20-10-9-18-2/h14H,3-13H2,1-2H3. The van der Waals surface area contributed by atoms with Crippen LogP contribution in [-0.2, 0) is 23.7 Å². The molecule has 6 heteroatoms. The molecule has 1 heterocycles. The minimum Gasteiger partial charge on any atom is -0.466 e. The van der Waals surface area contributed by atoms with Crippen LogP contribution >= 0.6 is 0 Å². The number of nitrogens with zero attached hydrogens (tertiary/aromatic N) is 1. The second-order valence-corrected chi connectivity index (χ2v) is 5.11. The van der Waals surface area contributed by atoms with Gasteiger partial charge in [-0.15, -0.1) is 0 Å². The lowest BCUT2D eigenvalue weighted by atomic mass is 9.98. The molecule has 0 N–H and O–H groups in total. The lowest BCUT2D eigenvalue weighted by Crippen LogP contribution is -2.41. The maximum absolute atomic E-state index is 11.7. The van der Waals surface area contributed by atoms with Crippen molar-refractivity contribution in [3.8, 4) is 0 Å². The number of hydrogen-bond acceptors (Lipinski definition) is 6. The predicted octanol–water partition coefficient (Wildman–Crippen LogP) is 0.941. The highest BCUT2D eigenvalue weighted by Crippen LogP contribution is 2.17. The Kier molecular flexibility index (Phi) is 10.4. The monoisotopic (exact) mass is 303 g/mol. The van der Waals surface area contributed by atoms with E-state index in [1.807, 2.05) is 6.92 Å². The maximum Gasteiger partial charge on any atom is 0.310 e. The number of rotatable bonds is 11. The largest absolute Gasteiger partial charge is 0.466 e. The molecule has 1 unspecified atom stereocenters. The normalized spacial score (nSPS) is 19.6. The summed E-state index contributed by atoms with van der Waals surface area (Å²) in [4.78, 5) is 14.0. The van der Waals surface area contributed by atoms with E-state index in [0.717, 1.165) is 32.5 Å². The molecule has 0 aromatic heterocycles. The van der Waals surface area contributed by atoms with E-state index in [0.29, 0.717) is 39.6 Å². The Morgan fingerprint density at radius 3 is 2.57 bits per heavy atom. The number of carbonyl (C=O) groups is 1. The SMILES string of the molecule is CCOC(=O)C1CCCN(CCOCCOCCOC)C1. The van der Waals surface area contributed by atoms with Crippen LogP contribution < -0.4 is 0 Å². The quantitative estimate of drug-likeness (QED) is 0.418. The molecule has 6 nitrogen and oxygen atoms in total. The second kappa shape index (κ2) is 11.9. The second-order valence-electron chi connectivity index (χ2n) is 5.11. The summed E-state index contributed by atoms with van der Waals surface area (Å²) >= 11 is 0. The molecule has 0 aliphatic carbocycles. The highest BCUT2D eigenvalue weighted by atomic mass is 16.5. The molecule has 0 aromatic rings. The number of carbonyl (C=O) groups excluding carboxylic acids is 1. The Balaban J connectivity index is 2.03. The van der Waals surface area contributed by atoms with Gasteiger partial charge in [0.05, 0.1) is 45.6 Å². The number of hydrogen-bond donors (Lipinski definition) is 0. The van der Waals surface area contributed by atoms with Crippen LogP contribution in [0, 0.1) is 5.92 Å². The summed E-state index contributed by atoms with van der Waals surface area (Å²) < 4.78 is 20.8. The third kappa shape index (κ3) is 8.36. The van der Waals surface area contributed by atoms with Gasteiger partial charge in [0, 0.05) is 20.2 Å². The van der Waals surface area contributed by atoms with Crippen LogP contribution in [0.2, 0.25) is 0 Å². The van der Waals surface area contributed by atoms with Gasteiger partial charge in [-0.05, 0) is 26.3 Å². The van der Waals surface area contributed by atoms with Crippen LogP contribution in [0.25, 0.3) is 0 Å². The summed E-state index contributed by atoms with van der Waals surface area (Å²) in [5, 5.41) is 0. The summed E-state index contributed by atoms with van der Waals surface area (Å²) in [5.41, 5.74) is 0. The van der Waals surface area contributed by atoms with Crippen molar-refractivity contribution in [1.29, 1.82) is 0 Å². The average molecular weight is 303 g/mol. The summed E-state index contributed by atoms with van der Waals surface area (Å²) in [6, 6.07) is 0. The zero-order valence-electron chi connectivity index (χ0n) is 13.3. The fourth-order valence-corrected chi connectivity index (χ4v) is 2.37. The number of piperidine rings is 1. The molecule has 1 rings (SSSR count). The zero-order chi connectivity index (χ0) is 15.3. The Morgan fingerprint density at radius 2 is 1.86 bits per heavy atom. The van der Waals surface area contributed by atoms with Gasteiger partial charge in [-0.25, -0.2) is 0 Å². The van der Waals surface area contributed by atoms with Gasteiger partial charge < -0.3 is 23.8 Å². The van der Waals surface area contributed by atoms with Gasteiger partial charge in [-0.2, -0.15) is 0 Å². The topological polar surface area (TPSA) is 57.2 Å². The molecule has 124 valence electrons. The molecule has 1 aliphatic rings. The Bertz CT molecular complexity index is 275. The van der Waals surface area contributed by atoms with E-state index >= 15 is 0 Å². The third-order valence-corrected chi connectivity index (χ3v) is 3.48. The molecule has 0 bridgehead atoms. The molecule has 0 aromatic carbocycles. The summed E-state index contributed by atoms with van der Waals surface area (Å²) in [5.74, 6) is -0.0364. The van der Waals surface area contributed by atoms with Crippen LogP contribution in [0.1, 0.15) is 19.8 Å². The minimum atomic E-state index is -0.0605. The fraction of sp³-hybridized carbons (Fsp3) is 0.933. The summed E-state index contributed by atoms with van der Waals surface area (Å²) in [7, 11) is 1.65. The first kappa shape index (κ1) is 18.4.